The number of nitrogens with zero attached hydrogens (tertiary/aromatic N) is 4. The zero-order valence-corrected chi connectivity index (χ0v) is 18.0. The molecule has 1 aliphatic carbocycles. The fraction of sp³-hybridized carbons (Fsp3) is 0.458. The Morgan fingerprint density at radius 1 is 1.06 bits per heavy atom. The second kappa shape index (κ2) is 9.47. The summed E-state index contributed by atoms with van der Waals surface area (Å²) in [6.45, 7) is 6.52. The highest BCUT2D eigenvalue weighted by molar-refractivity contribution is 5.78. The first-order chi connectivity index (χ1) is 15.0. The molecule has 0 N–H and O–H groups in total. The summed E-state index contributed by atoms with van der Waals surface area (Å²) in [7, 11) is 0. The van der Waals surface area contributed by atoms with E-state index in [4.69, 9.17) is 0 Å². The van der Waals surface area contributed by atoms with Gasteiger partial charge in [-0.2, -0.15) is 0 Å². The minimum Gasteiger partial charge on any atom is -0.369 e. The molecule has 2 aromatic carbocycles. The normalized spacial score (nSPS) is 17.9. The standard InChI is InChI=1S/C24H30N4O3/c1-19(21-7-8-21)27(17-20-5-3-2-4-6-20)24(29)18-25-13-15-26(16-14-25)22-9-11-23(12-10-22)28(30)31/h2-6,9-12,19,21H,7-8,13-18H2,1H3/t19-/m0/s1. The Morgan fingerprint density at radius 3 is 2.29 bits per heavy atom. The number of rotatable bonds is 8. The van der Waals surface area contributed by atoms with E-state index >= 15 is 0 Å². The molecule has 0 spiro atoms. The summed E-state index contributed by atoms with van der Waals surface area (Å²) in [5.74, 6) is 0.832. The van der Waals surface area contributed by atoms with E-state index in [2.05, 4.69) is 33.8 Å². The molecule has 7 nitrogen and oxygen atoms in total. The van der Waals surface area contributed by atoms with Crippen molar-refractivity contribution in [3.05, 3.63) is 70.3 Å². The van der Waals surface area contributed by atoms with Gasteiger partial charge in [0.15, 0.2) is 0 Å². The Kier molecular flexibility index (Phi) is 6.51. The monoisotopic (exact) mass is 422 g/mol. The van der Waals surface area contributed by atoms with Gasteiger partial charge in [0.25, 0.3) is 5.69 Å². The number of carbonyl (C=O) groups excluding carboxylic acids is 1. The summed E-state index contributed by atoms with van der Waals surface area (Å²) in [6, 6.07) is 17.2. The van der Waals surface area contributed by atoms with Gasteiger partial charge in [-0.15, -0.1) is 0 Å². The predicted octanol–water partition coefficient (Wildman–Crippen LogP) is 3.54. The van der Waals surface area contributed by atoms with Gasteiger partial charge in [0.1, 0.15) is 0 Å². The van der Waals surface area contributed by atoms with E-state index in [0.29, 0.717) is 19.0 Å². The van der Waals surface area contributed by atoms with Crippen molar-refractivity contribution in [1.29, 1.82) is 0 Å². The Bertz CT molecular complexity index is 891. The van der Waals surface area contributed by atoms with E-state index in [1.165, 1.54) is 18.4 Å². The summed E-state index contributed by atoms with van der Waals surface area (Å²) < 4.78 is 0. The Balaban J connectivity index is 1.33. The smallest absolute Gasteiger partial charge is 0.269 e. The molecule has 31 heavy (non-hydrogen) atoms. The van der Waals surface area contributed by atoms with E-state index in [1.807, 2.05) is 18.2 Å². The third kappa shape index (κ3) is 5.41. The SMILES string of the molecule is C[C@@H](C1CC1)N(Cc1ccccc1)C(=O)CN1CCN(c2ccc([N+](=O)[O-])cc2)CC1. The van der Waals surface area contributed by atoms with Gasteiger partial charge < -0.3 is 9.80 Å². The molecule has 0 unspecified atom stereocenters. The van der Waals surface area contributed by atoms with Gasteiger partial charge in [0.2, 0.25) is 5.91 Å². The number of carbonyl (C=O) groups is 1. The number of amides is 1. The lowest BCUT2D eigenvalue weighted by atomic mass is 10.1. The fourth-order valence-electron chi connectivity index (χ4n) is 4.30. The number of non-ortho nitro benzene ring substituents is 1. The zero-order valence-electron chi connectivity index (χ0n) is 18.0. The van der Waals surface area contributed by atoms with Crippen LogP contribution in [-0.4, -0.2) is 59.4 Å². The van der Waals surface area contributed by atoms with Crippen LogP contribution in [0.1, 0.15) is 25.3 Å². The van der Waals surface area contributed by atoms with Crippen LogP contribution in [0.15, 0.2) is 54.6 Å². The van der Waals surface area contributed by atoms with Crippen molar-refractivity contribution in [3.8, 4) is 0 Å². The van der Waals surface area contributed by atoms with Crippen molar-refractivity contribution in [1.82, 2.24) is 9.80 Å². The first-order valence-electron chi connectivity index (χ1n) is 11.1. The highest BCUT2D eigenvalue weighted by Gasteiger charge is 2.35. The number of hydrogen-bond acceptors (Lipinski definition) is 5. The molecule has 0 aromatic heterocycles. The van der Waals surface area contributed by atoms with E-state index in [1.54, 1.807) is 24.3 Å². The quantitative estimate of drug-likeness (QED) is 0.481. The van der Waals surface area contributed by atoms with Crippen LogP contribution in [0, 0.1) is 16.0 Å². The predicted molar refractivity (Wildman–Crippen MR) is 121 cm³/mol. The Morgan fingerprint density at radius 2 is 1.71 bits per heavy atom. The molecule has 2 aliphatic rings. The minimum atomic E-state index is -0.378. The summed E-state index contributed by atoms with van der Waals surface area (Å²) in [4.78, 5) is 30.2. The van der Waals surface area contributed by atoms with Gasteiger partial charge >= 0.3 is 0 Å². The highest BCUT2D eigenvalue weighted by atomic mass is 16.6. The van der Waals surface area contributed by atoms with Crippen LogP contribution in [0.3, 0.4) is 0 Å². The number of nitro groups is 1. The largest absolute Gasteiger partial charge is 0.369 e. The molecule has 4 rings (SSSR count). The molecule has 1 saturated carbocycles. The lowest BCUT2D eigenvalue weighted by Gasteiger charge is -2.37. The summed E-state index contributed by atoms with van der Waals surface area (Å²) in [5.41, 5.74) is 2.27. The molecular weight excluding hydrogens is 392 g/mol. The Labute approximate surface area is 183 Å². The summed E-state index contributed by atoms with van der Waals surface area (Å²) in [5, 5.41) is 10.8. The number of nitro benzene ring substituents is 1. The van der Waals surface area contributed by atoms with Crippen molar-refractivity contribution >= 4 is 17.3 Å². The van der Waals surface area contributed by atoms with Crippen molar-refractivity contribution in [2.45, 2.75) is 32.4 Å². The van der Waals surface area contributed by atoms with E-state index in [-0.39, 0.29) is 22.6 Å². The average Bonchev–Trinajstić information content (AvgIpc) is 3.64. The van der Waals surface area contributed by atoms with E-state index in [0.717, 1.165) is 31.9 Å². The maximum atomic E-state index is 13.2. The van der Waals surface area contributed by atoms with Crippen LogP contribution in [0.2, 0.25) is 0 Å². The molecule has 0 bridgehead atoms. The van der Waals surface area contributed by atoms with Crippen molar-refractivity contribution in [2.24, 2.45) is 5.92 Å². The summed E-state index contributed by atoms with van der Waals surface area (Å²) >= 11 is 0. The maximum Gasteiger partial charge on any atom is 0.269 e. The minimum absolute atomic E-state index is 0.108. The van der Waals surface area contributed by atoms with Crippen LogP contribution < -0.4 is 4.90 Å². The van der Waals surface area contributed by atoms with E-state index in [9.17, 15) is 14.9 Å². The van der Waals surface area contributed by atoms with Gasteiger partial charge in [0.05, 0.1) is 11.5 Å². The van der Waals surface area contributed by atoms with Crippen LogP contribution in [0.25, 0.3) is 0 Å². The molecular formula is C24H30N4O3. The van der Waals surface area contributed by atoms with Crippen molar-refractivity contribution in [3.63, 3.8) is 0 Å². The molecule has 1 aliphatic heterocycles. The van der Waals surface area contributed by atoms with Gasteiger partial charge in [-0.1, -0.05) is 30.3 Å². The first kappa shape index (κ1) is 21.3. The van der Waals surface area contributed by atoms with Gasteiger partial charge in [-0.3, -0.25) is 19.8 Å². The zero-order chi connectivity index (χ0) is 21.8. The van der Waals surface area contributed by atoms with Gasteiger partial charge in [-0.25, -0.2) is 0 Å². The second-order valence-corrected chi connectivity index (χ2v) is 8.62. The molecule has 7 heteroatoms. The Hall–Kier alpha value is -2.93. The molecule has 0 radical (unpaired) electrons. The average molecular weight is 423 g/mol. The number of benzene rings is 2. The number of anilines is 1. The van der Waals surface area contributed by atoms with Gasteiger partial charge in [-0.05, 0) is 43.4 Å². The first-order valence-corrected chi connectivity index (χ1v) is 11.1. The molecule has 1 amide bonds. The molecule has 1 saturated heterocycles. The molecule has 2 aromatic rings. The number of piperazine rings is 1. The highest BCUT2D eigenvalue weighted by Crippen LogP contribution is 2.35. The lowest BCUT2D eigenvalue weighted by Crippen LogP contribution is -2.51. The maximum absolute atomic E-state index is 13.2. The van der Waals surface area contributed by atoms with Gasteiger partial charge in [0, 0.05) is 56.6 Å². The van der Waals surface area contributed by atoms with Crippen LogP contribution >= 0.6 is 0 Å². The van der Waals surface area contributed by atoms with Crippen LogP contribution in [-0.2, 0) is 11.3 Å². The molecule has 164 valence electrons. The molecule has 2 fully saturated rings. The van der Waals surface area contributed by atoms with E-state index < -0.39 is 0 Å². The molecule has 1 atom stereocenters. The fourth-order valence-corrected chi connectivity index (χ4v) is 4.30. The lowest BCUT2D eigenvalue weighted by molar-refractivity contribution is -0.384. The third-order valence-electron chi connectivity index (χ3n) is 6.47. The molecule has 1 heterocycles. The summed E-state index contributed by atoms with van der Waals surface area (Å²) in [6.07, 6.45) is 2.43. The van der Waals surface area contributed by atoms with Crippen molar-refractivity contribution in [2.75, 3.05) is 37.6 Å². The third-order valence-corrected chi connectivity index (χ3v) is 6.47. The van der Waals surface area contributed by atoms with Crippen LogP contribution in [0.4, 0.5) is 11.4 Å². The van der Waals surface area contributed by atoms with Crippen molar-refractivity contribution < 1.29 is 9.72 Å². The second-order valence-electron chi connectivity index (χ2n) is 8.62. The van der Waals surface area contributed by atoms with Crippen LogP contribution in [0.5, 0.6) is 0 Å². The topological polar surface area (TPSA) is 69.9 Å². The number of hydrogen-bond donors (Lipinski definition) is 0.